The smallest absolute Gasteiger partial charge is 0.374 e. The van der Waals surface area contributed by atoms with Crippen LogP contribution in [0.1, 0.15) is 19.8 Å². The number of hydrogen-bond donors (Lipinski definition) is 2. The number of aromatic nitrogens is 1. The standard InChI is InChI=1S/C19H20F3N5O3S/c1-10(26-8-6-11(7-9-26)16(23)29)14(15(28)19(20,21)22)17(30)27(24)18-25-12-4-2-3-5-13(12)31-18/h2-5,11H,6-9,24H2,1H3,(H2,23,29). The molecule has 4 N–H and O–H groups in total. The number of para-hydroxylation sites is 1. The first-order chi connectivity index (χ1) is 14.5. The minimum atomic E-state index is -5.27. The number of piperidine rings is 1. The van der Waals surface area contributed by atoms with E-state index in [4.69, 9.17) is 11.6 Å². The molecule has 0 unspecified atom stereocenters. The second kappa shape index (κ2) is 8.63. The Bertz CT molecular complexity index is 1020. The lowest BCUT2D eigenvalue weighted by Crippen LogP contribution is -2.45. The number of hydrazine groups is 1. The third kappa shape index (κ3) is 4.69. The maximum atomic E-state index is 13.3. The molecule has 1 fully saturated rings. The van der Waals surface area contributed by atoms with Crippen molar-refractivity contribution >= 4 is 44.3 Å². The number of alkyl halides is 3. The van der Waals surface area contributed by atoms with Crippen molar-refractivity contribution in [1.82, 2.24) is 9.88 Å². The van der Waals surface area contributed by atoms with Crippen LogP contribution in [-0.4, -0.2) is 46.7 Å². The van der Waals surface area contributed by atoms with Gasteiger partial charge in [-0.1, -0.05) is 23.5 Å². The number of halogens is 3. The highest BCUT2D eigenvalue weighted by atomic mass is 32.1. The third-order valence-corrected chi connectivity index (χ3v) is 6.18. The number of nitrogens with zero attached hydrogens (tertiary/aromatic N) is 3. The molecular weight excluding hydrogens is 435 g/mol. The molecule has 0 atom stereocenters. The van der Waals surface area contributed by atoms with Gasteiger partial charge in [0, 0.05) is 24.7 Å². The Hall–Kier alpha value is -2.99. The van der Waals surface area contributed by atoms with E-state index < -0.39 is 35.3 Å². The van der Waals surface area contributed by atoms with E-state index in [9.17, 15) is 27.6 Å². The lowest BCUT2D eigenvalue weighted by atomic mass is 9.95. The molecule has 12 heteroatoms. The molecule has 1 aromatic carbocycles. The second-order valence-electron chi connectivity index (χ2n) is 7.09. The number of carbonyl (C=O) groups is 3. The quantitative estimate of drug-likeness (QED) is 0.178. The summed E-state index contributed by atoms with van der Waals surface area (Å²) in [7, 11) is 0. The maximum absolute atomic E-state index is 13.3. The number of primary amides is 1. The predicted molar refractivity (Wildman–Crippen MR) is 109 cm³/mol. The van der Waals surface area contributed by atoms with Gasteiger partial charge >= 0.3 is 6.18 Å². The molecular formula is C19H20F3N5O3S. The van der Waals surface area contributed by atoms with E-state index in [-0.39, 0.29) is 23.9 Å². The molecule has 0 saturated carbocycles. The van der Waals surface area contributed by atoms with Crippen LogP contribution >= 0.6 is 11.3 Å². The number of carbonyl (C=O) groups excluding carboxylic acids is 3. The minimum absolute atomic E-state index is 0.0427. The third-order valence-electron chi connectivity index (χ3n) is 5.14. The Morgan fingerprint density at radius 2 is 1.81 bits per heavy atom. The lowest BCUT2D eigenvalue weighted by Gasteiger charge is -2.34. The molecule has 166 valence electrons. The Morgan fingerprint density at radius 1 is 1.19 bits per heavy atom. The van der Waals surface area contributed by atoms with Gasteiger partial charge < -0.3 is 10.6 Å². The average Bonchev–Trinajstić information content (AvgIpc) is 3.16. The number of thiazole rings is 1. The number of likely N-dealkylation sites (tertiary alicyclic amines) is 1. The Balaban J connectivity index is 1.96. The van der Waals surface area contributed by atoms with Crippen LogP contribution in [0.3, 0.4) is 0 Å². The van der Waals surface area contributed by atoms with Gasteiger partial charge in [-0.05, 0) is 31.9 Å². The van der Waals surface area contributed by atoms with E-state index in [1.165, 1.54) is 11.8 Å². The van der Waals surface area contributed by atoms with E-state index in [0.29, 0.717) is 28.1 Å². The topological polar surface area (TPSA) is 123 Å². The first-order valence-electron chi connectivity index (χ1n) is 9.32. The molecule has 31 heavy (non-hydrogen) atoms. The zero-order valence-corrected chi connectivity index (χ0v) is 17.3. The fraction of sp³-hybridized carbons (Fsp3) is 0.368. The number of Topliss-reactive ketones (excluding diaryl/α,β-unsaturated/α-hetero) is 1. The van der Waals surface area contributed by atoms with E-state index in [1.807, 2.05) is 0 Å². The largest absolute Gasteiger partial charge is 0.455 e. The van der Waals surface area contributed by atoms with Crippen LogP contribution in [0.5, 0.6) is 0 Å². The molecule has 1 aliphatic heterocycles. The van der Waals surface area contributed by atoms with E-state index >= 15 is 0 Å². The normalized spacial score (nSPS) is 16.2. The number of benzene rings is 1. The zero-order chi connectivity index (χ0) is 22.9. The zero-order valence-electron chi connectivity index (χ0n) is 16.5. The number of hydrogen-bond acceptors (Lipinski definition) is 7. The molecule has 1 saturated heterocycles. The molecule has 3 rings (SSSR count). The van der Waals surface area contributed by atoms with Crippen LogP contribution in [0.25, 0.3) is 10.2 Å². The highest BCUT2D eigenvalue weighted by Crippen LogP contribution is 2.31. The van der Waals surface area contributed by atoms with Crippen molar-refractivity contribution in [2.75, 3.05) is 18.1 Å². The van der Waals surface area contributed by atoms with E-state index in [2.05, 4.69) is 4.98 Å². The molecule has 0 bridgehead atoms. The average molecular weight is 455 g/mol. The number of ketones is 1. The Morgan fingerprint density at radius 3 is 2.35 bits per heavy atom. The van der Waals surface area contributed by atoms with Gasteiger partial charge in [-0.25, -0.2) is 15.8 Å². The van der Waals surface area contributed by atoms with Crippen LogP contribution in [0.4, 0.5) is 18.3 Å². The monoisotopic (exact) mass is 455 g/mol. The number of rotatable bonds is 5. The maximum Gasteiger partial charge on any atom is 0.455 e. The second-order valence-corrected chi connectivity index (χ2v) is 8.10. The number of fused-ring (bicyclic) bond motifs is 1. The van der Waals surface area contributed by atoms with Crippen molar-refractivity contribution in [2.45, 2.75) is 25.9 Å². The van der Waals surface area contributed by atoms with Gasteiger partial charge in [-0.2, -0.15) is 13.2 Å². The summed E-state index contributed by atoms with van der Waals surface area (Å²) in [6.07, 6.45) is -4.66. The van der Waals surface area contributed by atoms with Crippen LogP contribution in [0.15, 0.2) is 35.5 Å². The molecule has 2 amide bonds. The summed E-state index contributed by atoms with van der Waals surface area (Å²) in [4.78, 5) is 42.1. The summed E-state index contributed by atoms with van der Waals surface area (Å²) in [6, 6.07) is 6.85. The van der Waals surface area contributed by atoms with Crippen LogP contribution in [0, 0.1) is 5.92 Å². The Kier molecular flexibility index (Phi) is 6.32. The van der Waals surface area contributed by atoms with E-state index in [0.717, 1.165) is 11.3 Å². The summed E-state index contributed by atoms with van der Waals surface area (Å²) < 4.78 is 40.6. The summed E-state index contributed by atoms with van der Waals surface area (Å²) in [5.74, 6) is 1.31. The molecule has 1 aromatic heterocycles. The van der Waals surface area contributed by atoms with Crippen molar-refractivity contribution in [3.63, 3.8) is 0 Å². The highest BCUT2D eigenvalue weighted by molar-refractivity contribution is 7.22. The number of allylic oxidation sites excluding steroid dienone is 1. The van der Waals surface area contributed by atoms with Gasteiger partial charge in [0.15, 0.2) is 0 Å². The van der Waals surface area contributed by atoms with Crippen LogP contribution in [-0.2, 0) is 14.4 Å². The summed E-state index contributed by atoms with van der Waals surface area (Å²) >= 11 is 1.01. The highest BCUT2D eigenvalue weighted by Gasteiger charge is 2.46. The SMILES string of the molecule is CC(=C(C(=O)N(N)c1nc2ccccc2s1)C(=O)C(F)(F)F)N1CCC(C(N)=O)CC1. The molecule has 0 aliphatic carbocycles. The predicted octanol–water partition coefficient (Wildman–Crippen LogP) is 2.11. The first kappa shape index (κ1) is 22.7. The van der Waals surface area contributed by atoms with Crippen molar-refractivity contribution in [3.05, 3.63) is 35.5 Å². The van der Waals surface area contributed by atoms with Gasteiger partial charge in [0.05, 0.1) is 10.2 Å². The number of amides is 2. The summed E-state index contributed by atoms with van der Waals surface area (Å²) in [6.45, 7) is 1.60. The molecule has 8 nitrogen and oxygen atoms in total. The molecule has 2 heterocycles. The minimum Gasteiger partial charge on any atom is -0.374 e. The van der Waals surface area contributed by atoms with Gasteiger partial charge in [-0.3, -0.25) is 14.4 Å². The molecule has 1 aliphatic rings. The number of nitrogens with two attached hydrogens (primary N) is 2. The van der Waals surface area contributed by atoms with Crippen LogP contribution < -0.4 is 16.6 Å². The van der Waals surface area contributed by atoms with Gasteiger partial charge in [0.1, 0.15) is 5.57 Å². The fourth-order valence-electron chi connectivity index (χ4n) is 3.39. The fourth-order valence-corrected chi connectivity index (χ4v) is 4.27. The molecule has 2 aromatic rings. The van der Waals surface area contributed by atoms with Crippen molar-refractivity contribution in [1.29, 1.82) is 0 Å². The molecule has 0 radical (unpaired) electrons. The molecule has 0 spiro atoms. The van der Waals surface area contributed by atoms with Crippen LogP contribution in [0.2, 0.25) is 0 Å². The van der Waals surface area contributed by atoms with Crippen molar-refractivity contribution in [2.24, 2.45) is 17.5 Å². The van der Waals surface area contributed by atoms with Crippen molar-refractivity contribution in [3.8, 4) is 0 Å². The summed E-state index contributed by atoms with van der Waals surface area (Å²) in [5.41, 5.74) is 4.56. The van der Waals surface area contributed by atoms with Gasteiger partial charge in [-0.15, -0.1) is 0 Å². The first-order valence-corrected chi connectivity index (χ1v) is 10.1. The Labute approximate surface area is 179 Å². The summed E-state index contributed by atoms with van der Waals surface area (Å²) in [5, 5.41) is 0.419. The van der Waals surface area contributed by atoms with Gasteiger partial charge in [0.25, 0.3) is 11.7 Å². The van der Waals surface area contributed by atoms with Crippen molar-refractivity contribution < 1.29 is 27.6 Å². The lowest BCUT2D eigenvalue weighted by molar-refractivity contribution is -0.167. The van der Waals surface area contributed by atoms with E-state index in [1.54, 1.807) is 24.3 Å². The number of anilines is 1. The van der Waals surface area contributed by atoms with Gasteiger partial charge in [0.2, 0.25) is 11.0 Å².